The van der Waals surface area contributed by atoms with E-state index in [1.54, 1.807) is 0 Å². The molecule has 3 nitrogen and oxygen atoms in total. The number of amides is 1. The lowest BCUT2D eigenvalue weighted by Crippen LogP contribution is -2.12. The van der Waals surface area contributed by atoms with Crippen LogP contribution in [0.4, 0.5) is 0 Å². The molecule has 0 heterocycles. The standard InChI is InChI=1S/C21H28N2OS.C5H12/c1-8-9-19(23-14(4)5)18-12-17(11-10-15(18)6)16(7)25-20(13(2)3)21(22)24;1-4-5(2)3/h9-12H,7-8H2,1-6H3,(H2,22,24);5H,4H2,1-3H3/b19-9-;. The summed E-state index contributed by atoms with van der Waals surface area (Å²) in [7, 11) is 0. The van der Waals surface area contributed by atoms with Crippen molar-refractivity contribution in [2.45, 2.75) is 75.2 Å². The minimum atomic E-state index is -0.420. The molecule has 0 unspecified atom stereocenters. The van der Waals surface area contributed by atoms with Crippen molar-refractivity contribution in [1.29, 1.82) is 0 Å². The molecule has 4 heteroatoms. The van der Waals surface area contributed by atoms with Crippen LogP contribution < -0.4 is 5.73 Å². The number of primary amides is 1. The largest absolute Gasteiger partial charge is 0.365 e. The van der Waals surface area contributed by atoms with Gasteiger partial charge in [0, 0.05) is 16.2 Å². The van der Waals surface area contributed by atoms with Gasteiger partial charge in [0.15, 0.2) is 0 Å². The fourth-order valence-electron chi connectivity index (χ4n) is 2.30. The van der Waals surface area contributed by atoms with Gasteiger partial charge in [-0.15, -0.1) is 0 Å². The van der Waals surface area contributed by atoms with Crippen LogP contribution in [-0.4, -0.2) is 11.6 Å². The number of nitrogens with two attached hydrogens (primary N) is 1. The lowest BCUT2D eigenvalue weighted by molar-refractivity contribution is -0.113. The van der Waals surface area contributed by atoms with Gasteiger partial charge in [-0.3, -0.25) is 9.79 Å². The molecule has 0 radical (unpaired) electrons. The van der Waals surface area contributed by atoms with E-state index in [4.69, 9.17) is 5.73 Å². The van der Waals surface area contributed by atoms with E-state index in [0.29, 0.717) is 4.91 Å². The third kappa shape index (κ3) is 10.1. The molecule has 1 amide bonds. The van der Waals surface area contributed by atoms with E-state index in [9.17, 15) is 4.79 Å². The third-order valence-electron chi connectivity index (χ3n) is 4.30. The van der Waals surface area contributed by atoms with Gasteiger partial charge in [0.1, 0.15) is 0 Å². The fraction of sp³-hybridized carbons (Fsp3) is 0.462. The average Bonchev–Trinajstić information content (AvgIpc) is 2.65. The maximum atomic E-state index is 11.6. The number of thioether (sulfide) groups is 1. The number of aliphatic imine (C=N–C) groups is 1. The van der Waals surface area contributed by atoms with Crippen LogP contribution in [0.15, 0.2) is 46.3 Å². The van der Waals surface area contributed by atoms with Gasteiger partial charge in [-0.05, 0) is 64.2 Å². The molecule has 30 heavy (non-hydrogen) atoms. The Kier molecular flexibility index (Phi) is 13.1. The second-order valence-corrected chi connectivity index (χ2v) is 9.21. The lowest BCUT2D eigenvalue weighted by atomic mass is 10.0. The molecule has 2 N–H and O–H groups in total. The highest BCUT2D eigenvalue weighted by Gasteiger charge is 2.13. The van der Waals surface area contributed by atoms with Crippen molar-refractivity contribution < 1.29 is 4.79 Å². The molecule has 0 aliphatic heterocycles. The fourth-order valence-corrected chi connectivity index (χ4v) is 3.10. The molecule has 0 aromatic heterocycles. The van der Waals surface area contributed by atoms with Crippen molar-refractivity contribution in [3.05, 3.63) is 58.0 Å². The van der Waals surface area contributed by atoms with Crippen LogP contribution in [0.1, 0.15) is 84.9 Å². The third-order valence-corrected chi connectivity index (χ3v) is 5.59. The molecule has 0 saturated carbocycles. The Bertz CT molecular complexity index is 821. The summed E-state index contributed by atoms with van der Waals surface area (Å²) in [4.78, 5) is 17.6. The van der Waals surface area contributed by atoms with Gasteiger partial charge in [-0.1, -0.05) is 76.2 Å². The maximum Gasteiger partial charge on any atom is 0.255 e. The predicted molar refractivity (Wildman–Crippen MR) is 138 cm³/mol. The quantitative estimate of drug-likeness (QED) is 0.340. The van der Waals surface area contributed by atoms with E-state index in [2.05, 4.69) is 64.4 Å². The Hall–Kier alpha value is -2.07. The second kappa shape index (κ2) is 14.0. The summed E-state index contributed by atoms with van der Waals surface area (Å²) in [6, 6.07) is 6.17. The molecule has 0 aliphatic rings. The number of benzene rings is 1. The van der Waals surface area contributed by atoms with Gasteiger partial charge in [0.05, 0.1) is 10.6 Å². The number of aryl methyl sites for hydroxylation is 1. The van der Waals surface area contributed by atoms with Crippen LogP contribution in [0, 0.1) is 12.8 Å². The molecule has 0 spiro atoms. The molecular formula is C26H40N2OS. The van der Waals surface area contributed by atoms with E-state index in [-0.39, 0.29) is 0 Å². The van der Waals surface area contributed by atoms with Crippen molar-refractivity contribution in [1.82, 2.24) is 0 Å². The number of carbonyl (C=O) groups excluding carboxylic acids is 1. The first-order valence-electron chi connectivity index (χ1n) is 10.6. The number of carbonyl (C=O) groups is 1. The number of hydrogen-bond donors (Lipinski definition) is 1. The molecule has 1 aromatic carbocycles. The van der Waals surface area contributed by atoms with Gasteiger partial charge in [-0.2, -0.15) is 0 Å². The summed E-state index contributed by atoms with van der Waals surface area (Å²) in [6.07, 6.45) is 4.34. The first kappa shape index (κ1) is 27.9. The summed E-state index contributed by atoms with van der Waals surface area (Å²) in [5, 5.41) is 0. The Morgan fingerprint density at radius 3 is 2.17 bits per heavy atom. The molecular weight excluding hydrogens is 388 g/mol. The minimum Gasteiger partial charge on any atom is -0.365 e. The Balaban J connectivity index is 0.00000150. The number of nitrogens with zero attached hydrogens (tertiary/aromatic N) is 1. The van der Waals surface area contributed by atoms with Crippen LogP contribution in [0.3, 0.4) is 0 Å². The molecule has 0 saturated heterocycles. The Labute approximate surface area is 188 Å². The highest BCUT2D eigenvalue weighted by molar-refractivity contribution is 8.12. The molecule has 0 bridgehead atoms. The van der Waals surface area contributed by atoms with E-state index in [1.165, 1.54) is 18.2 Å². The first-order chi connectivity index (χ1) is 13.9. The zero-order valence-electron chi connectivity index (χ0n) is 20.3. The SMILES string of the molecule is C=C(SC(C(N)=O)=C(C)C)c1ccc(C)c(/C(=C/CC)N=C(C)C)c1.CCC(C)C. The van der Waals surface area contributed by atoms with E-state index in [1.807, 2.05) is 33.8 Å². The normalized spacial score (nSPS) is 10.8. The average molecular weight is 429 g/mol. The van der Waals surface area contributed by atoms with Crippen molar-refractivity contribution in [3.8, 4) is 0 Å². The van der Waals surface area contributed by atoms with Crippen molar-refractivity contribution in [2.24, 2.45) is 16.6 Å². The Morgan fingerprint density at radius 1 is 1.20 bits per heavy atom. The molecule has 1 aromatic rings. The number of rotatable bonds is 8. The minimum absolute atomic E-state index is 0.420. The van der Waals surface area contributed by atoms with Crippen LogP contribution in [0.5, 0.6) is 0 Å². The summed E-state index contributed by atoms with van der Waals surface area (Å²) >= 11 is 1.32. The van der Waals surface area contributed by atoms with Gasteiger partial charge >= 0.3 is 0 Å². The van der Waals surface area contributed by atoms with Crippen molar-refractivity contribution in [3.63, 3.8) is 0 Å². The molecule has 0 atom stereocenters. The van der Waals surface area contributed by atoms with Gasteiger partial charge in [-0.25, -0.2) is 0 Å². The summed E-state index contributed by atoms with van der Waals surface area (Å²) < 4.78 is 0. The van der Waals surface area contributed by atoms with E-state index < -0.39 is 5.91 Å². The zero-order chi connectivity index (χ0) is 23.4. The van der Waals surface area contributed by atoms with Gasteiger partial charge in [0.25, 0.3) is 5.91 Å². The molecule has 0 fully saturated rings. The van der Waals surface area contributed by atoms with Crippen molar-refractivity contribution in [2.75, 3.05) is 0 Å². The Morgan fingerprint density at radius 2 is 1.77 bits per heavy atom. The van der Waals surface area contributed by atoms with Gasteiger partial charge in [0.2, 0.25) is 0 Å². The summed E-state index contributed by atoms with van der Waals surface area (Å²) in [5.74, 6) is 0.464. The number of allylic oxidation sites excluding steroid dienone is 2. The van der Waals surface area contributed by atoms with E-state index in [0.717, 1.165) is 50.9 Å². The maximum absolute atomic E-state index is 11.6. The molecule has 0 aliphatic carbocycles. The van der Waals surface area contributed by atoms with Gasteiger partial charge < -0.3 is 5.73 Å². The highest BCUT2D eigenvalue weighted by atomic mass is 32.2. The topological polar surface area (TPSA) is 55.5 Å². The van der Waals surface area contributed by atoms with Crippen LogP contribution >= 0.6 is 11.8 Å². The highest BCUT2D eigenvalue weighted by Crippen LogP contribution is 2.35. The second-order valence-electron chi connectivity index (χ2n) is 8.11. The van der Waals surface area contributed by atoms with Crippen LogP contribution in [0.2, 0.25) is 0 Å². The summed E-state index contributed by atoms with van der Waals surface area (Å²) in [6.45, 7) is 22.7. The van der Waals surface area contributed by atoms with E-state index >= 15 is 0 Å². The number of hydrogen-bond acceptors (Lipinski definition) is 3. The smallest absolute Gasteiger partial charge is 0.255 e. The monoisotopic (exact) mass is 428 g/mol. The van der Waals surface area contributed by atoms with Crippen LogP contribution in [-0.2, 0) is 4.79 Å². The molecule has 1 rings (SSSR count). The molecule has 166 valence electrons. The van der Waals surface area contributed by atoms with Crippen LogP contribution in [0.25, 0.3) is 10.6 Å². The lowest BCUT2D eigenvalue weighted by Gasteiger charge is -2.13. The van der Waals surface area contributed by atoms with Crippen molar-refractivity contribution >= 4 is 34.0 Å². The summed E-state index contributed by atoms with van der Waals surface area (Å²) in [5.41, 5.74) is 11.6. The predicted octanol–water partition coefficient (Wildman–Crippen LogP) is 7.76. The zero-order valence-corrected chi connectivity index (χ0v) is 21.2. The first-order valence-corrected chi connectivity index (χ1v) is 11.4.